The zero-order chi connectivity index (χ0) is 21.2. The molecule has 154 valence electrons. The molecule has 3 heterocycles. The fraction of sp³-hybridized carbons (Fsp3) is 0.167. The summed E-state index contributed by atoms with van der Waals surface area (Å²) in [6.07, 6.45) is 1.72. The summed E-state index contributed by atoms with van der Waals surface area (Å²) in [6.45, 7) is 0.824. The number of carbonyl (C=O) groups is 1. The molecule has 5 rings (SSSR count). The van der Waals surface area contributed by atoms with Crippen LogP contribution in [-0.4, -0.2) is 40.7 Å². The third-order valence-corrected chi connectivity index (χ3v) is 5.53. The SMILES string of the molecule is O=C1OCCN1C1=Nc2cc(Cl)ncc2C(=NC(c2ccccc2)c2ccccc2)C1. The number of cyclic esters (lactones) is 1. The van der Waals surface area contributed by atoms with Gasteiger partial charge >= 0.3 is 6.09 Å². The average Bonchev–Trinajstić information content (AvgIpc) is 3.24. The predicted octanol–water partition coefficient (Wildman–Crippen LogP) is 5.20. The first-order chi connectivity index (χ1) is 15.2. The molecule has 0 spiro atoms. The smallest absolute Gasteiger partial charge is 0.415 e. The monoisotopic (exact) mass is 430 g/mol. The molecule has 3 aromatic rings. The molecule has 7 heteroatoms. The van der Waals surface area contributed by atoms with Gasteiger partial charge in [-0.1, -0.05) is 72.3 Å². The number of amidine groups is 1. The quantitative estimate of drug-likeness (QED) is 0.536. The molecule has 2 aliphatic heterocycles. The Labute approximate surface area is 184 Å². The van der Waals surface area contributed by atoms with Crippen LogP contribution in [0, 0.1) is 0 Å². The summed E-state index contributed by atoms with van der Waals surface area (Å²) in [5.41, 5.74) is 4.43. The van der Waals surface area contributed by atoms with Crippen LogP contribution in [0.3, 0.4) is 0 Å². The van der Waals surface area contributed by atoms with Gasteiger partial charge in [-0.05, 0) is 11.1 Å². The van der Waals surface area contributed by atoms with E-state index in [-0.39, 0.29) is 12.1 Å². The Hall–Kier alpha value is -3.51. The maximum absolute atomic E-state index is 12.2. The lowest BCUT2D eigenvalue weighted by atomic mass is 9.97. The summed E-state index contributed by atoms with van der Waals surface area (Å²) in [5.74, 6) is 0.607. The van der Waals surface area contributed by atoms with E-state index in [4.69, 9.17) is 21.3 Å². The first-order valence-corrected chi connectivity index (χ1v) is 10.4. The van der Waals surface area contributed by atoms with Gasteiger partial charge in [0, 0.05) is 24.2 Å². The largest absolute Gasteiger partial charge is 0.447 e. The Morgan fingerprint density at radius 3 is 2.32 bits per heavy atom. The molecule has 0 unspecified atom stereocenters. The second kappa shape index (κ2) is 8.32. The lowest BCUT2D eigenvalue weighted by Crippen LogP contribution is -2.35. The number of carbonyl (C=O) groups excluding carboxylic acids is 1. The summed E-state index contributed by atoms with van der Waals surface area (Å²) in [5, 5.41) is 0.342. The van der Waals surface area contributed by atoms with Gasteiger partial charge < -0.3 is 4.74 Å². The number of hydrogen-bond acceptors (Lipinski definition) is 5. The van der Waals surface area contributed by atoms with Gasteiger partial charge in [-0.3, -0.25) is 9.89 Å². The fourth-order valence-electron chi connectivity index (χ4n) is 3.83. The van der Waals surface area contributed by atoms with Crippen LogP contribution < -0.4 is 0 Å². The summed E-state index contributed by atoms with van der Waals surface area (Å²) in [7, 11) is 0. The molecule has 0 aliphatic carbocycles. The van der Waals surface area contributed by atoms with Gasteiger partial charge in [-0.2, -0.15) is 0 Å². The number of aliphatic imine (C=N–C) groups is 2. The van der Waals surface area contributed by atoms with Crippen molar-refractivity contribution >= 4 is 34.9 Å². The van der Waals surface area contributed by atoms with Crippen LogP contribution in [0.25, 0.3) is 0 Å². The topological polar surface area (TPSA) is 67.2 Å². The number of fused-ring (bicyclic) bond motifs is 1. The molecular formula is C24H19ClN4O2. The Morgan fingerprint density at radius 1 is 1.03 bits per heavy atom. The third kappa shape index (κ3) is 3.94. The number of hydrogen-bond donors (Lipinski definition) is 0. The van der Waals surface area contributed by atoms with Gasteiger partial charge in [0.25, 0.3) is 0 Å². The predicted molar refractivity (Wildman–Crippen MR) is 120 cm³/mol. The van der Waals surface area contributed by atoms with E-state index in [9.17, 15) is 4.79 Å². The average molecular weight is 431 g/mol. The summed E-state index contributed by atoms with van der Waals surface area (Å²) >= 11 is 6.13. The fourth-order valence-corrected chi connectivity index (χ4v) is 3.98. The highest BCUT2D eigenvalue weighted by Crippen LogP contribution is 2.33. The highest BCUT2D eigenvalue weighted by Gasteiger charge is 2.31. The van der Waals surface area contributed by atoms with Crippen molar-refractivity contribution in [1.82, 2.24) is 9.88 Å². The van der Waals surface area contributed by atoms with Crippen LogP contribution >= 0.6 is 11.6 Å². The number of amides is 1. The highest BCUT2D eigenvalue weighted by molar-refractivity contribution is 6.30. The minimum absolute atomic E-state index is 0.203. The second-order valence-electron chi connectivity index (χ2n) is 7.29. The van der Waals surface area contributed by atoms with Crippen molar-refractivity contribution in [1.29, 1.82) is 0 Å². The summed E-state index contributed by atoms with van der Waals surface area (Å²) < 4.78 is 5.11. The molecule has 0 radical (unpaired) electrons. The van der Waals surface area contributed by atoms with Crippen LogP contribution in [-0.2, 0) is 4.74 Å². The van der Waals surface area contributed by atoms with Crippen LogP contribution in [0.15, 0.2) is 82.9 Å². The lowest BCUT2D eigenvalue weighted by Gasteiger charge is -2.24. The maximum Gasteiger partial charge on any atom is 0.415 e. The van der Waals surface area contributed by atoms with Crippen molar-refractivity contribution in [2.24, 2.45) is 9.98 Å². The highest BCUT2D eigenvalue weighted by atomic mass is 35.5. The number of pyridine rings is 1. The zero-order valence-corrected chi connectivity index (χ0v) is 17.4. The zero-order valence-electron chi connectivity index (χ0n) is 16.6. The number of benzene rings is 2. The minimum Gasteiger partial charge on any atom is -0.447 e. The summed E-state index contributed by atoms with van der Waals surface area (Å²) in [6, 6.07) is 21.8. The molecule has 0 bridgehead atoms. The van der Waals surface area contributed by atoms with Crippen LogP contribution in [0.1, 0.15) is 29.2 Å². The molecule has 1 saturated heterocycles. The molecule has 1 aromatic heterocycles. The molecule has 0 N–H and O–H groups in total. The van der Waals surface area contributed by atoms with Gasteiger partial charge in [-0.15, -0.1) is 0 Å². The maximum atomic E-state index is 12.2. The standard InChI is InChI=1S/C24H19ClN4O2/c25-21-13-19-18(15-26-21)20(14-22(27-19)29-11-12-31-24(29)30)28-23(16-7-3-1-4-8-16)17-9-5-2-6-10-17/h1-10,13,15,23H,11-12,14H2. The Balaban J connectivity index is 1.63. The van der Waals surface area contributed by atoms with Gasteiger partial charge in [0.05, 0.1) is 17.9 Å². The first-order valence-electron chi connectivity index (χ1n) is 10.0. The molecule has 31 heavy (non-hydrogen) atoms. The number of ether oxygens (including phenoxy) is 1. The number of aromatic nitrogens is 1. The van der Waals surface area contributed by atoms with Crippen LogP contribution in [0.2, 0.25) is 5.15 Å². The molecule has 2 aromatic carbocycles. The molecular weight excluding hydrogens is 412 g/mol. The van der Waals surface area contributed by atoms with E-state index < -0.39 is 0 Å². The second-order valence-corrected chi connectivity index (χ2v) is 7.68. The Morgan fingerprint density at radius 2 is 1.71 bits per heavy atom. The Kier molecular flexibility index (Phi) is 5.22. The van der Waals surface area contributed by atoms with E-state index in [2.05, 4.69) is 34.2 Å². The van der Waals surface area contributed by atoms with Gasteiger partial charge in [-0.25, -0.2) is 14.8 Å². The molecule has 6 nitrogen and oxygen atoms in total. The minimum atomic E-state index is -0.385. The van der Waals surface area contributed by atoms with E-state index in [1.54, 1.807) is 17.2 Å². The van der Waals surface area contributed by atoms with Crippen LogP contribution in [0.4, 0.5) is 10.5 Å². The molecule has 0 atom stereocenters. The van der Waals surface area contributed by atoms with Crippen molar-refractivity contribution in [3.63, 3.8) is 0 Å². The van der Waals surface area contributed by atoms with E-state index in [1.807, 2.05) is 36.4 Å². The third-order valence-electron chi connectivity index (χ3n) is 5.32. The lowest BCUT2D eigenvalue weighted by molar-refractivity contribution is 0.168. The van der Waals surface area contributed by atoms with Crippen LogP contribution in [0.5, 0.6) is 0 Å². The van der Waals surface area contributed by atoms with E-state index in [1.165, 1.54) is 0 Å². The van der Waals surface area contributed by atoms with Gasteiger partial charge in [0.1, 0.15) is 23.6 Å². The van der Waals surface area contributed by atoms with E-state index >= 15 is 0 Å². The molecule has 0 saturated carbocycles. The van der Waals surface area contributed by atoms with Gasteiger partial charge in [0.2, 0.25) is 0 Å². The summed E-state index contributed by atoms with van der Waals surface area (Å²) in [4.78, 5) is 27.8. The number of nitrogens with zero attached hydrogens (tertiary/aromatic N) is 4. The first kappa shape index (κ1) is 19.5. The molecule has 1 amide bonds. The van der Waals surface area contributed by atoms with Crippen molar-refractivity contribution in [2.45, 2.75) is 12.5 Å². The van der Waals surface area contributed by atoms with Gasteiger partial charge in [0.15, 0.2) is 0 Å². The van der Waals surface area contributed by atoms with E-state index in [0.29, 0.717) is 36.2 Å². The van der Waals surface area contributed by atoms with E-state index in [0.717, 1.165) is 22.4 Å². The molecule has 2 aliphatic rings. The van der Waals surface area contributed by atoms with Crippen molar-refractivity contribution in [3.8, 4) is 0 Å². The number of rotatable bonds is 3. The normalized spacial score (nSPS) is 17.0. The van der Waals surface area contributed by atoms with Crippen molar-refractivity contribution in [2.75, 3.05) is 13.2 Å². The number of halogens is 1. The molecule has 1 fully saturated rings. The Bertz CT molecular complexity index is 1140. The van der Waals surface area contributed by atoms with Crippen molar-refractivity contribution < 1.29 is 9.53 Å². The van der Waals surface area contributed by atoms with Crippen molar-refractivity contribution in [3.05, 3.63) is 94.8 Å².